The van der Waals surface area contributed by atoms with Gasteiger partial charge in [0, 0.05) is 18.3 Å². The predicted molar refractivity (Wildman–Crippen MR) is 50.8 cm³/mol. The van der Waals surface area contributed by atoms with Crippen molar-refractivity contribution in [3.05, 3.63) is 30.2 Å². The van der Waals surface area contributed by atoms with Gasteiger partial charge in [-0.1, -0.05) is 5.21 Å². The number of nitrogens with zero attached hydrogens (tertiary/aromatic N) is 3. The van der Waals surface area contributed by atoms with E-state index in [0.29, 0.717) is 16.9 Å². The van der Waals surface area contributed by atoms with Crippen LogP contribution >= 0.6 is 0 Å². The molecule has 0 radical (unpaired) electrons. The number of nitrogen functional groups attached to an aromatic ring is 1. The molecule has 0 unspecified atom stereocenters. The fourth-order valence-electron chi connectivity index (χ4n) is 1.28. The van der Waals surface area contributed by atoms with Crippen LogP contribution in [-0.2, 0) is 7.05 Å². The topological polar surface area (TPSA) is 56.7 Å². The van der Waals surface area contributed by atoms with E-state index in [1.807, 2.05) is 0 Å². The van der Waals surface area contributed by atoms with E-state index < -0.39 is 0 Å². The van der Waals surface area contributed by atoms with Crippen LogP contribution < -0.4 is 5.73 Å². The molecule has 14 heavy (non-hydrogen) atoms. The smallest absolute Gasteiger partial charge is 0.124 e. The van der Waals surface area contributed by atoms with Crippen LogP contribution in [0.1, 0.15) is 0 Å². The third-order valence-corrected chi connectivity index (χ3v) is 2.01. The third-order valence-electron chi connectivity index (χ3n) is 2.01. The van der Waals surface area contributed by atoms with Crippen LogP contribution in [0.2, 0.25) is 0 Å². The van der Waals surface area contributed by atoms with Gasteiger partial charge in [-0.15, -0.1) is 5.10 Å². The monoisotopic (exact) mass is 192 g/mol. The van der Waals surface area contributed by atoms with Gasteiger partial charge in [-0.3, -0.25) is 0 Å². The highest BCUT2D eigenvalue weighted by Crippen LogP contribution is 2.24. The summed E-state index contributed by atoms with van der Waals surface area (Å²) in [5.41, 5.74) is 7.53. The number of aromatic nitrogens is 3. The zero-order chi connectivity index (χ0) is 10.1. The number of benzene rings is 1. The van der Waals surface area contributed by atoms with Gasteiger partial charge in [-0.05, 0) is 18.2 Å². The molecule has 2 N–H and O–H groups in total. The Labute approximate surface area is 80.2 Å². The number of aryl methyl sites for hydroxylation is 1. The number of hydrogen-bond acceptors (Lipinski definition) is 3. The Bertz CT molecular complexity index is 464. The summed E-state index contributed by atoms with van der Waals surface area (Å²) in [6, 6.07) is 4.22. The minimum absolute atomic E-state index is 0.324. The Kier molecular flexibility index (Phi) is 1.92. The highest BCUT2D eigenvalue weighted by Gasteiger charge is 2.08. The van der Waals surface area contributed by atoms with Gasteiger partial charge in [0.05, 0.1) is 11.9 Å². The summed E-state index contributed by atoms with van der Waals surface area (Å²) in [7, 11) is 1.73. The van der Waals surface area contributed by atoms with Crippen molar-refractivity contribution in [3.63, 3.8) is 0 Å². The molecule has 1 heterocycles. The van der Waals surface area contributed by atoms with E-state index in [-0.39, 0.29) is 5.82 Å². The lowest BCUT2D eigenvalue weighted by Gasteiger charge is -2.04. The van der Waals surface area contributed by atoms with Crippen molar-refractivity contribution in [2.45, 2.75) is 0 Å². The molecule has 1 aromatic heterocycles. The number of halogens is 1. The van der Waals surface area contributed by atoms with Crippen molar-refractivity contribution in [1.82, 2.24) is 15.0 Å². The molecular weight excluding hydrogens is 183 g/mol. The second-order valence-electron chi connectivity index (χ2n) is 2.97. The molecule has 2 aromatic rings. The first-order valence-corrected chi connectivity index (χ1v) is 4.08. The van der Waals surface area contributed by atoms with E-state index in [0.717, 1.165) is 0 Å². The summed E-state index contributed by atoms with van der Waals surface area (Å²) in [6.07, 6.45) is 1.55. The van der Waals surface area contributed by atoms with Gasteiger partial charge in [0.2, 0.25) is 0 Å². The van der Waals surface area contributed by atoms with E-state index in [1.165, 1.54) is 18.2 Å². The molecule has 2 rings (SSSR count). The number of hydrogen-bond donors (Lipinski definition) is 1. The fourth-order valence-corrected chi connectivity index (χ4v) is 1.28. The normalized spacial score (nSPS) is 10.4. The van der Waals surface area contributed by atoms with Gasteiger partial charge in [-0.25, -0.2) is 9.07 Å². The molecule has 0 atom stereocenters. The molecule has 0 aliphatic heterocycles. The molecule has 0 spiro atoms. The van der Waals surface area contributed by atoms with Gasteiger partial charge >= 0.3 is 0 Å². The van der Waals surface area contributed by atoms with E-state index in [1.54, 1.807) is 17.9 Å². The Balaban J connectivity index is 2.62. The van der Waals surface area contributed by atoms with Gasteiger partial charge in [-0.2, -0.15) is 0 Å². The summed E-state index contributed by atoms with van der Waals surface area (Å²) in [6.45, 7) is 0. The molecule has 0 bridgehead atoms. The van der Waals surface area contributed by atoms with Gasteiger partial charge in [0.15, 0.2) is 0 Å². The minimum atomic E-state index is -0.324. The Hall–Kier alpha value is -1.91. The van der Waals surface area contributed by atoms with Gasteiger partial charge in [0.1, 0.15) is 5.82 Å². The molecule has 0 amide bonds. The maximum atomic E-state index is 13.0. The Morgan fingerprint density at radius 3 is 2.86 bits per heavy atom. The summed E-state index contributed by atoms with van der Waals surface area (Å²) >= 11 is 0. The van der Waals surface area contributed by atoms with Crippen molar-refractivity contribution in [3.8, 4) is 11.3 Å². The zero-order valence-electron chi connectivity index (χ0n) is 7.61. The van der Waals surface area contributed by atoms with Crippen LogP contribution in [0.25, 0.3) is 11.3 Å². The quantitative estimate of drug-likeness (QED) is 0.691. The fraction of sp³-hybridized carbons (Fsp3) is 0.111. The second-order valence-corrected chi connectivity index (χ2v) is 2.97. The molecule has 0 aliphatic rings. The second kappa shape index (κ2) is 3.10. The summed E-state index contributed by atoms with van der Waals surface area (Å²) < 4.78 is 14.5. The highest BCUT2D eigenvalue weighted by molar-refractivity contribution is 5.73. The standard InChI is InChI=1S/C9H9FN4/c1-14-9(5-12-13-14)7-4-6(10)2-3-8(7)11/h2-5H,11H2,1H3. The first-order chi connectivity index (χ1) is 6.68. The average Bonchev–Trinajstić information content (AvgIpc) is 2.56. The van der Waals surface area contributed by atoms with Crippen LogP contribution in [0.3, 0.4) is 0 Å². The van der Waals surface area contributed by atoms with Crippen molar-refractivity contribution >= 4 is 5.69 Å². The summed E-state index contributed by atoms with van der Waals surface area (Å²) in [4.78, 5) is 0. The third kappa shape index (κ3) is 1.32. The maximum absolute atomic E-state index is 13.0. The van der Waals surface area contributed by atoms with Crippen LogP contribution in [0.4, 0.5) is 10.1 Å². The molecule has 5 heteroatoms. The minimum Gasteiger partial charge on any atom is -0.398 e. The number of anilines is 1. The van der Waals surface area contributed by atoms with E-state index >= 15 is 0 Å². The predicted octanol–water partition coefficient (Wildman–Crippen LogP) is 1.20. The van der Waals surface area contributed by atoms with Crippen LogP contribution in [0.15, 0.2) is 24.4 Å². The van der Waals surface area contributed by atoms with Crippen LogP contribution in [0.5, 0.6) is 0 Å². The molecule has 4 nitrogen and oxygen atoms in total. The van der Waals surface area contributed by atoms with E-state index in [2.05, 4.69) is 10.3 Å². The lowest BCUT2D eigenvalue weighted by molar-refractivity contribution is 0.628. The Morgan fingerprint density at radius 2 is 2.21 bits per heavy atom. The molecule has 1 aromatic carbocycles. The van der Waals surface area contributed by atoms with Crippen molar-refractivity contribution in [1.29, 1.82) is 0 Å². The molecule has 0 aliphatic carbocycles. The molecule has 0 fully saturated rings. The Morgan fingerprint density at radius 1 is 1.43 bits per heavy atom. The van der Waals surface area contributed by atoms with Crippen LogP contribution in [-0.4, -0.2) is 15.0 Å². The number of rotatable bonds is 1. The SMILES string of the molecule is Cn1nncc1-c1cc(F)ccc1N. The molecule has 72 valence electrons. The first kappa shape index (κ1) is 8.68. The largest absolute Gasteiger partial charge is 0.398 e. The van der Waals surface area contributed by atoms with E-state index in [9.17, 15) is 4.39 Å². The highest BCUT2D eigenvalue weighted by atomic mass is 19.1. The molecular formula is C9H9FN4. The van der Waals surface area contributed by atoms with Crippen molar-refractivity contribution < 1.29 is 4.39 Å². The lowest BCUT2D eigenvalue weighted by atomic mass is 10.1. The van der Waals surface area contributed by atoms with Crippen molar-refractivity contribution in [2.75, 3.05) is 5.73 Å². The van der Waals surface area contributed by atoms with Gasteiger partial charge < -0.3 is 5.73 Å². The lowest BCUT2D eigenvalue weighted by Crippen LogP contribution is -1.97. The van der Waals surface area contributed by atoms with Crippen molar-refractivity contribution in [2.24, 2.45) is 7.05 Å². The van der Waals surface area contributed by atoms with E-state index in [4.69, 9.17) is 5.73 Å². The summed E-state index contributed by atoms with van der Waals surface area (Å²) in [5, 5.41) is 7.46. The average molecular weight is 192 g/mol. The zero-order valence-corrected chi connectivity index (χ0v) is 7.61. The van der Waals surface area contributed by atoms with Gasteiger partial charge in [0.25, 0.3) is 0 Å². The summed E-state index contributed by atoms with van der Waals surface area (Å²) in [5.74, 6) is -0.324. The maximum Gasteiger partial charge on any atom is 0.124 e. The molecule has 0 saturated carbocycles. The van der Waals surface area contributed by atoms with Crippen LogP contribution in [0, 0.1) is 5.82 Å². The number of nitrogens with two attached hydrogens (primary N) is 1. The first-order valence-electron chi connectivity index (χ1n) is 4.08. The molecule has 0 saturated heterocycles.